The standard InChI is InChI=1S/C12H14FNO4/c13-8-3-1-2-7(4-8)12(17)14-9-6-18-10(5-15)11(9)16/h1-4,9-11,15-16H,5-6H2,(H,14,17)/t9-,10-,11+/m1/s1. The fourth-order valence-electron chi connectivity index (χ4n) is 1.85. The van der Waals surface area contributed by atoms with Crippen LogP contribution in [0.25, 0.3) is 0 Å². The van der Waals surface area contributed by atoms with E-state index < -0.39 is 30.0 Å². The fraction of sp³-hybridized carbons (Fsp3) is 0.417. The molecule has 1 aliphatic heterocycles. The van der Waals surface area contributed by atoms with E-state index in [0.29, 0.717) is 0 Å². The summed E-state index contributed by atoms with van der Waals surface area (Å²) in [6.45, 7) is -0.194. The maximum atomic E-state index is 12.9. The Labute approximate surface area is 103 Å². The molecule has 1 heterocycles. The summed E-state index contributed by atoms with van der Waals surface area (Å²) in [6, 6.07) is 4.66. The number of ether oxygens (including phenoxy) is 1. The molecule has 5 nitrogen and oxygen atoms in total. The van der Waals surface area contributed by atoms with Crippen LogP contribution in [0, 0.1) is 5.82 Å². The lowest BCUT2D eigenvalue weighted by Gasteiger charge is -2.17. The van der Waals surface area contributed by atoms with E-state index in [2.05, 4.69) is 5.32 Å². The molecule has 1 aromatic rings. The minimum absolute atomic E-state index is 0.119. The van der Waals surface area contributed by atoms with Gasteiger partial charge in [-0.2, -0.15) is 0 Å². The molecule has 1 aliphatic rings. The quantitative estimate of drug-likeness (QED) is 0.691. The summed E-state index contributed by atoms with van der Waals surface area (Å²) < 4.78 is 18.0. The highest BCUT2D eigenvalue weighted by molar-refractivity contribution is 5.94. The van der Waals surface area contributed by atoms with Crippen molar-refractivity contribution in [2.45, 2.75) is 18.2 Å². The molecule has 0 spiro atoms. The Balaban J connectivity index is 2.00. The van der Waals surface area contributed by atoms with E-state index in [-0.39, 0.29) is 18.8 Å². The second-order valence-electron chi connectivity index (χ2n) is 4.14. The van der Waals surface area contributed by atoms with Gasteiger partial charge in [0, 0.05) is 5.56 Å². The van der Waals surface area contributed by atoms with Gasteiger partial charge in [0.1, 0.15) is 18.0 Å². The molecule has 0 aromatic heterocycles. The Bertz CT molecular complexity index is 440. The van der Waals surface area contributed by atoms with Gasteiger partial charge in [0.15, 0.2) is 0 Å². The highest BCUT2D eigenvalue weighted by Gasteiger charge is 2.36. The summed E-state index contributed by atoms with van der Waals surface area (Å²) in [6.07, 6.45) is -1.66. The van der Waals surface area contributed by atoms with Crippen molar-refractivity contribution in [2.24, 2.45) is 0 Å². The lowest BCUT2D eigenvalue weighted by Crippen LogP contribution is -2.45. The third kappa shape index (κ3) is 2.66. The number of hydrogen-bond donors (Lipinski definition) is 3. The minimum Gasteiger partial charge on any atom is -0.394 e. The van der Waals surface area contributed by atoms with E-state index >= 15 is 0 Å². The Morgan fingerprint density at radius 2 is 2.33 bits per heavy atom. The van der Waals surface area contributed by atoms with Gasteiger partial charge < -0.3 is 20.3 Å². The smallest absolute Gasteiger partial charge is 0.251 e. The summed E-state index contributed by atoms with van der Waals surface area (Å²) in [7, 11) is 0. The molecule has 98 valence electrons. The molecule has 0 saturated carbocycles. The average Bonchev–Trinajstić information content (AvgIpc) is 2.70. The van der Waals surface area contributed by atoms with Gasteiger partial charge in [0.25, 0.3) is 5.91 Å². The lowest BCUT2D eigenvalue weighted by atomic mass is 10.1. The molecule has 1 aromatic carbocycles. The van der Waals surface area contributed by atoms with Crippen LogP contribution in [0.4, 0.5) is 4.39 Å². The lowest BCUT2D eigenvalue weighted by molar-refractivity contribution is 0.00278. The Morgan fingerprint density at radius 1 is 1.56 bits per heavy atom. The van der Waals surface area contributed by atoms with E-state index in [9.17, 15) is 14.3 Å². The summed E-state index contributed by atoms with van der Waals surface area (Å²) in [5, 5.41) is 21.2. The van der Waals surface area contributed by atoms with Crippen LogP contribution in [0.2, 0.25) is 0 Å². The van der Waals surface area contributed by atoms with Crippen LogP contribution in [0.5, 0.6) is 0 Å². The van der Waals surface area contributed by atoms with Crippen LogP contribution in [0.15, 0.2) is 24.3 Å². The van der Waals surface area contributed by atoms with Gasteiger partial charge in [-0.25, -0.2) is 4.39 Å². The number of hydrogen-bond acceptors (Lipinski definition) is 4. The van der Waals surface area contributed by atoms with E-state index in [1.54, 1.807) is 0 Å². The molecule has 0 radical (unpaired) electrons. The number of carbonyl (C=O) groups is 1. The zero-order valence-corrected chi connectivity index (χ0v) is 9.54. The van der Waals surface area contributed by atoms with Gasteiger partial charge in [-0.15, -0.1) is 0 Å². The molecule has 1 fully saturated rings. The molecular weight excluding hydrogens is 241 g/mol. The van der Waals surface area contributed by atoms with Gasteiger partial charge in [-0.3, -0.25) is 4.79 Å². The third-order valence-electron chi connectivity index (χ3n) is 2.87. The van der Waals surface area contributed by atoms with Crippen LogP contribution in [0.1, 0.15) is 10.4 Å². The van der Waals surface area contributed by atoms with Crippen molar-refractivity contribution in [2.75, 3.05) is 13.2 Å². The summed E-state index contributed by atoms with van der Waals surface area (Å²) in [5.41, 5.74) is 0.176. The third-order valence-corrected chi connectivity index (χ3v) is 2.87. The second kappa shape index (κ2) is 5.43. The number of nitrogens with one attached hydrogen (secondary N) is 1. The number of aliphatic hydroxyl groups is 2. The molecule has 2 rings (SSSR count). The van der Waals surface area contributed by atoms with Gasteiger partial charge in [0.2, 0.25) is 0 Å². The first-order valence-electron chi connectivity index (χ1n) is 5.59. The van der Waals surface area contributed by atoms with Gasteiger partial charge in [-0.05, 0) is 18.2 Å². The SMILES string of the molecule is O=C(N[C@@H]1CO[C@H](CO)[C@H]1O)c1cccc(F)c1. The van der Waals surface area contributed by atoms with Crippen molar-refractivity contribution in [3.05, 3.63) is 35.6 Å². The number of aliphatic hydroxyl groups excluding tert-OH is 2. The predicted octanol–water partition coefficient (Wildman–Crippen LogP) is -0.324. The molecular formula is C12H14FNO4. The molecule has 1 saturated heterocycles. The first-order chi connectivity index (χ1) is 8.61. The van der Waals surface area contributed by atoms with Crippen molar-refractivity contribution in [1.82, 2.24) is 5.32 Å². The number of halogens is 1. The molecule has 3 N–H and O–H groups in total. The first kappa shape index (κ1) is 12.9. The van der Waals surface area contributed by atoms with E-state index in [1.807, 2.05) is 0 Å². The van der Waals surface area contributed by atoms with Crippen LogP contribution in [-0.2, 0) is 4.74 Å². The normalized spacial score (nSPS) is 27.2. The Morgan fingerprint density at radius 3 is 2.94 bits per heavy atom. The van der Waals surface area contributed by atoms with E-state index in [0.717, 1.165) is 6.07 Å². The second-order valence-corrected chi connectivity index (χ2v) is 4.14. The topological polar surface area (TPSA) is 78.8 Å². The zero-order valence-electron chi connectivity index (χ0n) is 9.54. The molecule has 0 unspecified atom stereocenters. The van der Waals surface area contributed by atoms with Gasteiger partial charge in [0.05, 0.1) is 19.3 Å². The Kier molecular flexibility index (Phi) is 3.90. The summed E-state index contributed by atoms with van der Waals surface area (Å²) in [4.78, 5) is 11.8. The summed E-state index contributed by atoms with van der Waals surface area (Å²) >= 11 is 0. The minimum atomic E-state index is -0.965. The van der Waals surface area contributed by atoms with E-state index in [1.165, 1.54) is 18.2 Å². The predicted molar refractivity (Wildman–Crippen MR) is 60.5 cm³/mol. The maximum Gasteiger partial charge on any atom is 0.251 e. The van der Waals surface area contributed by atoms with Crippen LogP contribution in [0.3, 0.4) is 0 Å². The van der Waals surface area contributed by atoms with Crippen molar-refractivity contribution in [3.63, 3.8) is 0 Å². The number of carbonyl (C=O) groups excluding carboxylic acids is 1. The number of amides is 1. The van der Waals surface area contributed by atoms with Crippen LogP contribution < -0.4 is 5.32 Å². The van der Waals surface area contributed by atoms with Crippen molar-refractivity contribution < 1.29 is 24.1 Å². The average molecular weight is 255 g/mol. The molecule has 6 heteroatoms. The van der Waals surface area contributed by atoms with Gasteiger partial charge >= 0.3 is 0 Å². The van der Waals surface area contributed by atoms with Crippen molar-refractivity contribution >= 4 is 5.91 Å². The highest BCUT2D eigenvalue weighted by Crippen LogP contribution is 2.14. The van der Waals surface area contributed by atoms with Gasteiger partial charge in [-0.1, -0.05) is 6.07 Å². The van der Waals surface area contributed by atoms with Crippen molar-refractivity contribution in [1.29, 1.82) is 0 Å². The molecule has 18 heavy (non-hydrogen) atoms. The number of benzene rings is 1. The van der Waals surface area contributed by atoms with Crippen LogP contribution in [-0.4, -0.2) is 47.6 Å². The van der Waals surface area contributed by atoms with E-state index in [4.69, 9.17) is 9.84 Å². The number of rotatable bonds is 3. The molecule has 0 bridgehead atoms. The summed E-state index contributed by atoms with van der Waals surface area (Å²) in [5.74, 6) is -0.986. The monoisotopic (exact) mass is 255 g/mol. The fourth-order valence-corrected chi connectivity index (χ4v) is 1.85. The maximum absolute atomic E-state index is 12.9. The molecule has 3 atom stereocenters. The first-order valence-corrected chi connectivity index (χ1v) is 5.59. The molecule has 1 amide bonds. The largest absolute Gasteiger partial charge is 0.394 e. The molecule has 0 aliphatic carbocycles. The van der Waals surface area contributed by atoms with Crippen molar-refractivity contribution in [3.8, 4) is 0 Å². The zero-order chi connectivity index (χ0) is 13.1. The Hall–Kier alpha value is -1.50. The highest BCUT2D eigenvalue weighted by atomic mass is 19.1. The van der Waals surface area contributed by atoms with Crippen LogP contribution >= 0.6 is 0 Å².